The summed E-state index contributed by atoms with van der Waals surface area (Å²) in [7, 11) is -4.78. The SMILES string of the molecule is O=C(OCCS)C(O)S(=O)(=O)O. The van der Waals surface area contributed by atoms with Gasteiger partial charge in [0.1, 0.15) is 6.61 Å². The topological polar surface area (TPSA) is 101 Å². The number of carbonyl (C=O) groups is 1. The third-order valence-corrected chi connectivity index (χ3v) is 1.76. The van der Waals surface area contributed by atoms with Crippen LogP contribution in [0.4, 0.5) is 0 Å². The molecule has 12 heavy (non-hydrogen) atoms. The summed E-state index contributed by atoms with van der Waals surface area (Å²) in [4.78, 5) is 10.5. The van der Waals surface area contributed by atoms with Crippen molar-refractivity contribution in [2.45, 2.75) is 5.44 Å². The van der Waals surface area contributed by atoms with E-state index >= 15 is 0 Å². The van der Waals surface area contributed by atoms with Gasteiger partial charge in [-0.3, -0.25) is 4.55 Å². The van der Waals surface area contributed by atoms with Crippen molar-refractivity contribution >= 4 is 28.7 Å². The molecule has 0 rings (SSSR count). The highest BCUT2D eigenvalue weighted by Crippen LogP contribution is 1.97. The Bertz CT molecular complexity index is 244. The molecule has 0 aliphatic heterocycles. The molecule has 0 fully saturated rings. The molecule has 0 amide bonds. The second kappa shape index (κ2) is 4.65. The Kier molecular flexibility index (Phi) is 4.53. The van der Waals surface area contributed by atoms with Gasteiger partial charge in [-0.15, -0.1) is 0 Å². The van der Waals surface area contributed by atoms with Crippen LogP contribution in [0.5, 0.6) is 0 Å². The summed E-state index contributed by atoms with van der Waals surface area (Å²) in [6.07, 6.45) is 0. The third-order valence-electron chi connectivity index (χ3n) is 0.819. The lowest BCUT2D eigenvalue weighted by molar-refractivity contribution is -0.148. The first-order valence-electron chi connectivity index (χ1n) is 2.81. The van der Waals surface area contributed by atoms with E-state index in [-0.39, 0.29) is 12.4 Å². The zero-order valence-corrected chi connectivity index (χ0v) is 7.59. The largest absolute Gasteiger partial charge is 0.462 e. The van der Waals surface area contributed by atoms with Gasteiger partial charge in [-0.05, 0) is 0 Å². The maximum absolute atomic E-state index is 10.5. The summed E-state index contributed by atoms with van der Waals surface area (Å²) in [5.74, 6) is -1.21. The molecule has 2 N–H and O–H groups in total. The molecule has 0 aromatic carbocycles. The van der Waals surface area contributed by atoms with Gasteiger partial charge in [0.25, 0.3) is 5.44 Å². The van der Waals surface area contributed by atoms with E-state index in [2.05, 4.69) is 17.4 Å². The van der Waals surface area contributed by atoms with Gasteiger partial charge in [-0.25, -0.2) is 4.79 Å². The normalized spacial score (nSPS) is 13.9. The lowest BCUT2D eigenvalue weighted by atomic mass is 10.7. The van der Waals surface area contributed by atoms with E-state index in [1.54, 1.807) is 0 Å². The number of aliphatic hydroxyl groups is 1. The van der Waals surface area contributed by atoms with Gasteiger partial charge in [-0.1, -0.05) is 0 Å². The van der Waals surface area contributed by atoms with Gasteiger partial charge in [0.15, 0.2) is 0 Å². The van der Waals surface area contributed by atoms with Crippen molar-refractivity contribution in [2.24, 2.45) is 0 Å². The van der Waals surface area contributed by atoms with Gasteiger partial charge < -0.3 is 9.84 Å². The van der Waals surface area contributed by atoms with Gasteiger partial charge in [-0.2, -0.15) is 21.0 Å². The fraction of sp³-hybridized carbons (Fsp3) is 0.750. The summed E-state index contributed by atoms with van der Waals surface area (Å²) in [5, 5.41) is 8.54. The lowest BCUT2D eigenvalue weighted by Crippen LogP contribution is -2.31. The lowest BCUT2D eigenvalue weighted by Gasteiger charge is -2.05. The van der Waals surface area contributed by atoms with E-state index in [9.17, 15) is 13.2 Å². The first kappa shape index (κ1) is 11.7. The van der Waals surface area contributed by atoms with E-state index in [1.165, 1.54) is 0 Å². The Balaban J connectivity index is 4.12. The Labute approximate surface area is 74.7 Å². The molecule has 0 heterocycles. The molecular formula is C4H8O6S2. The minimum Gasteiger partial charge on any atom is -0.462 e. The van der Waals surface area contributed by atoms with Crippen molar-refractivity contribution < 1.29 is 27.6 Å². The van der Waals surface area contributed by atoms with Crippen molar-refractivity contribution in [3.8, 4) is 0 Å². The Morgan fingerprint density at radius 2 is 2.08 bits per heavy atom. The second-order valence-corrected chi connectivity index (χ2v) is 3.68. The van der Waals surface area contributed by atoms with Crippen LogP contribution in [-0.2, 0) is 19.6 Å². The quantitative estimate of drug-likeness (QED) is 0.305. The third kappa shape index (κ3) is 3.90. The number of hydrogen-bond donors (Lipinski definition) is 3. The van der Waals surface area contributed by atoms with Gasteiger partial charge >= 0.3 is 16.1 Å². The van der Waals surface area contributed by atoms with E-state index in [0.29, 0.717) is 0 Å². The monoisotopic (exact) mass is 216 g/mol. The summed E-state index contributed by atoms with van der Waals surface area (Å²) < 4.78 is 32.6. The summed E-state index contributed by atoms with van der Waals surface area (Å²) in [6, 6.07) is 0. The van der Waals surface area contributed by atoms with Crippen LogP contribution in [0.1, 0.15) is 0 Å². The highest BCUT2D eigenvalue weighted by atomic mass is 32.2. The summed E-state index contributed by atoms with van der Waals surface area (Å²) in [6.45, 7) is -0.130. The van der Waals surface area contributed by atoms with Crippen molar-refractivity contribution in [3.05, 3.63) is 0 Å². The van der Waals surface area contributed by atoms with Gasteiger partial charge in [0.2, 0.25) is 0 Å². The number of hydrogen-bond acceptors (Lipinski definition) is 6. The molecule has 0 saturated carbocycles. The molecule has 0 saturated heterocycles. The van der Waals surface area contributed by atoms with Crippen LogP contribution in [0.25, 0.3) is 0 Å². The minimum absolute atomic E-state index is 0.130. The minimum atomic E-state index is -4.78. The Morgan fingerprint density at radius 3 is 2.42 bits per heavy atom. The van der Waals surface area contributed by atoms with Crippen LogP contribution < -0.4 is 0 Å². The molecule has 1 unspecified atom stereocenters. The van der Waals surface area contributed by atoms with Crippen LogP contribution in [0.3, 0.4) is 0 Å². The van der Waals surface area contributed by atoms with E-state index in [0.717, 1.165) is 0 Å². The molecule has 0 aromatic heterocycles. The average molecular weight is 216 g/mol. The first-order chi connectivity index (χ1) is 5.39. The smallest absolute Gasteiger partial charge is 0.353 e. The molecule has 0 bridgehead atoms. The zero-order chi connectivity index (χ0) is 9.78. The molecule has 0 aliphatic carbocycles. The second-order valence-electron chi connectivity index (χ2n) is 1.76. The number of aliphatic hydroxyl groups excluding tert-OH is 1. The Morgan fingerprint density at radius 1 is 1.58 bits per heavy atom. The molecule has 0 aliphatic rings. The fourth-order valence-corrected chi connectivity index (χ4v) is 0.742. The standard InChI is InChI=1S/C4H8O6S2/c5-3(10-1-2-11)4(6)12(7,8)9/h4,6,11H,1-2H2,(H,7,8,9). The van der Waals surface area contributed by atoms with Crippen LogP contribution in [-0.4, -0.2) is 41.8 Å². The summed E-state index contributed by atoms with van der Waals surface area (Å²) >= 11 is 3.67. The Hall–Kier alpha value is -0.310. The van der Waals surface area contributed by atoms with Crippen LogP contribution >= 0.6 is 12.6 Å². The molecular weight excluding hydrogens is 208 g/mol. The number of esters is 1. The molecule has 72 valence electrons. The number of ether oxygens (including phenoxy) is 1. The van der Waals surface area contributed by atoms with Crippen LogP contribution in [0.2, 0.25) is 0 Å². The average Bonchev–Trinajstić information content (AvgIpc) is 1.97. The number of rotatable bonds is 4. The molecule has 0 spiro atoms. The van der Waals surface area contributed by atoms with Gasteiger partial charge in [0, 0.05) is 5.75 Å². The van der Waals surface area contributed by atoms with Crippen molar-refractivity contribution in [2.75, 3.05) is 12.4 Å². The first-order valence-corrected chi connectivity index (χ1v) is 4.95. The zero-order valence-electron chi connectivity index (χ0n) is 5.87. The molecule has 0 radical (unpaired) electrons. The van der Waals surface area contributed by atoms with Gasteiger partial charge in [0.05, 0.1) is 0 Å². The maximum Gasteiger partial charge on any atom is 0.353 e. The maximum atomic E-state index is 10.5. The van der Waals surface area contributed by atoms with Crippen LogP contribution in [0.15, 0.2) is 0 Å². The predicted octanol–water partition coefficient (Wildman–Crippen LogP) is -1.33. The molecule has 6 nitrogen and oxygen atoms in total. The number of thiol groups is 1. The van der Waals surface area contributed by atoms with E-state index in [4.69, 9.17) is 9.66 Å². The van der Waals surface area contributed by atoms with E-state index in [1.807, 2.05) is 0 Å². The highest BCUT2D eigenvalue weighted by molar-refractivity contribution is 7.87. The van der Waals surface area contributed by atoms with E-state index < -0.39 is 21.5 Å². The fourth-order valence-electron chi connectivity index (χ4n) is 0.339. The highest BCUT2D eigenvalue weighted by Gasteiger charge is 2.29. The molecule has 0 aromatic rings. The van der Waals surface area contributed by atoms with Crippen LogP contribution in [0, 0.1) is 0 Å². The predicted molar refractivity (Wildman–Crippen MR) is 42.4 cm³/mol. The van der Waals surface area contributed by atoms with Crippen molar-refractivity contribution in [3.63, 3.8) is 0 Å². The molecule has 1 atom stereocenters. The number of carbonyl (C=O) groups excluding carboxylic acids is 1. The summed E-state index contributed by atoms with van der Waals surface area (Å²) in [5.41, 5.74) is -2.53. The molecule has 8 heteroatoms. The van der Waals surface area contributed by atoms with Crippen molar-refractivity contribution in [1.82, 2.24) is 0 Å². The van der Waals surface area contributed by atoms with Crippen molar-refractivity contribution in [1.29, 1.82) is 0 Å².